The van der Waals surface area contributed by atoms with Crippen molar-refractivity contribution in [2.75, 3.05) is 0 Å². The Labute approximate surface area is 155 Å². The van der Waals surface area contributed by atoms with Crippen LogP contribution in [0.2, 0.25) is 0 Å². The summed E-state index contributed by atoms with van der Waals surface area (Å²) in [5.74, 6) is 1.49. The molecule has 0 fully saturated rings. The van der Waals surface area contributed by atoms with Crippen molar-refractivity contribution in [1.29, 1.82) is 0 Å². The Bertz CT molecular complexity index is 1010. The lowest BCUT2D eigenvalue weighted by Crippen LogP contribution is -2.11. The first kappa shape index (κ1) is 18.2. The van der Waals surface area contributed by atoms with Gasteiger partial charge in [0.25, 0.3) is 0 Å². The van der Waals surface area contributed by atoms with Gasteiger partial charge in [0.2, 0.25) is 0 Å². The quantitative estimate of drug-likeness (QED) is 0.649. The van der Waals surface area contributed by atoms with Crippen molar-refractivity contribution < 1.29 is 4.74 Å². The van der Waals surface area contributed by atoms with Crippen molar-refractivity contribution >= 4 is 10.9 Å². The number of rotatable bonds is 3. The second-order valence-electron chi connectivity index (χ2n) is 7.95. The predicted molar refractivity (Wildman–Crippen MR) is 109 cm³/mol. The molecule has 2 aromatic carbocycles. The lowest BCUT2D eigenvalue weighted by molar-refractivity contribution is 0.478. The molecule has 0 bridgehead atoms. The molecule has 1 heterocycles. The molecule has 0 aliphatic carbocycles. The molecule has 0 saturated heterocycles. The highest BCUT2D eigenvalue weighted by Crippen LogP contribution is 2.30. The number of hydrogen-bond acceptors (Lipinski definition) is 2. The van der Waals surface area contributed by atoms with Crippen LogP contribution >= 0.6 is 0 Å². The highest BCUT2D eigenvalue weighted by atomic mass is 16.5. The molecule has 0 aliphatic rings. The summed E-state index contributed by atoms with van der Waals surface area (Å²) >= 11 is 0. The number of nitrogens with one attached hydrogen (secondary N) is 1. The van der Waals surface area contributed by atoms with Crippen LogP contribution in [0.1, 0.15) is 50.1 Å². The Kier molecular flexibility index (Phi) is 4.66. The van der Waals surface area contributed by atoms with E-state index in [0.717, 1.165) is 40.3 Å². The van der Waals surface area contributed by atoms with E-state index < -0.39 is 0 Å². The third kappa shape index (κ3) is 3.39. The summed E-state index contributed by atoms with van der Waals surface area (Å²) in [5.41, 5.74) is 5.09. The minimum atomic E-state index is 0.0727. The number of H-pyrrole nitrogens is 1. The van der Waals surface area contributed by atoms with Gasteiger partial charge in [-0.3, -0.25) is 4.79 Å². The molecule has 3 nitrogen and oxygen atoms in total. The van der Waals surface area contributed by atoms with E-state index >= 15 is 0 Å². The van der Waals surface area contributed by atoms with Crippen LogP contribution in [0.4, 0.5) is 0 Å². The topological polar surface area (TPSA) is 42.1 Å². The molecule has 1 N–H and O–H groups in total. The van der Waals surface area contributed by atoms with E-state index in [0.29, 0.717) is 5.39 Å². The van der Waals surface area contributed by atoms with E-state index in [4.69, 9.17) is 4.74 Å². The number of ether oxygens (including phenoxy) is 1. The van der Waals surface area contributed by atoms with Crippen LogP contribution in [0.3, 0.4) is 0 Å². The van der Waals surface area contributed by atoms with Crippen molar-refractivity contribution in [3.8, 4) is 11.5 Å². The smallest absolute Gasteiger partial charge is 0.192 e. The van der Waals surface area contributed by atoms with Crippen LogP contribution in [-0.4, -0.2) is 4.98 Å². The van der Waals surface area contributed by atoms with Gasteiger partial charge in [0.1, 0.15) is 11.5 Å². The molecule has 0 amide bonds. The standard InChI is InChI=1S/C23H27NO2/c1-7-19-15(3)22(25)18-13-21(14(2)12-20(18)24-19)26-17-10-8-16(9-11-17)23(4,5)6/h8-13H,7H2,1-6H3,(H,24,25). The molecule has 0 aliphatic heterocycles. The Morgan fingerprint density at radius 2 is 1.69 bits per heavy atom. The summed E-state index contributed by atoms with van der Waals surface area (Å²) in [6.45, 7) is 12.5. The molecular weight excluding hydrogens is 322 g/mol. The normalized spacial score (nSPS) is 11.8. The van der Waals surface area contributed by atoms with Crippen molar-refractivity contribution in [2.45, 2.75) is 53.4 Å². The van der Waals surface area contributed by atoms with Crippen molar-refractivity contribution in [3.63, 3.8) is 0 Å². The minimum absolute atomic E-state index is 0.0727. The fourth-order valence-corrected chi connectivity index (χ4v) is 3.19. The van der Waals surface area contributed by atoms with E-state index in [-0.39, 0.29) is 10.8 Å². The Morgan fingerprint density at radius 1 is 1.04 bits per heavy atom. The molecule has 136 valence electrons. The van der Waals surface area contributed by atoms with Crippen LogP contribution in [0.5, 0.6) is 11.5 Å². The summed E-state index contributed by atoms with van der Waals surface area (Å²) in [5, 5.41) is 0.673. The van der Waals surface area contributed by atoms with Crippen LogP contribution in [0, 0.1) is 13.8 Å². The third-order valence-electron chi connectivity index (χ3n) is 4.94. The second kappa shape index (κ2) is 6.64. The number of aromatic amines is 1. The van der Waals surface area contributed by atoms with Crippen LogP contribution in [0.15, 0.2) is 41.2 Å². The van der Waals surface area contributed by atoms with Gasteiger partial charge < -0.3 is 9.72 Å². The van der Waals surface area contributed by atoms with E-state index in [1.165, 1.54) is 5.56 Å². The van der Waals surface area contributed by atoms with Gasteiger partial charge in [-0.25, -0.2) is 0 Å². The minimum Gasteiger partial charge on any atom is -0.457 e. The monoisotopic (exact) mass is 349 g/mol. The zero-order valence-electron chi connectivity index (χ0n) is 16.5. The number of fused-ring (bicyclic) bond motifs is 1. The Balaban J connectivity index is 2.02. The number of pyridine rings is 1. The molecule has 0 spiro atoms. The molecule has 26 heavy (non-hydrogen) atoms. The molecule has 0 atom stereocenters. The summed E-state index contributed by atoms with van der Waals surface area (Å²) in [4.78, 5) is 16.1. The van der Waals surface area contributed by atoms with Crippen LogP contribution < -0.4 is 10.2 Å². The van der Waals surface area contributed by atoms with Gasteiger partial charge in [0.15, 0.2) is 5.43 Å². The number of hydrogen-bond donors (Lipinski definition) is 1. The van der Waals surface area contributed by atoms with E-state index in [1.807, 2.05) is 38.1 Å². The molecule has 3 aromatic rings. The van der Waals surface area contributed by atoms with Gasteiger partial charge in [0.05, 0.1) is 5.52 Å². The maximum Gasteiger partial charge on any atom is 0.192 e. The Morgan fingerprint density at radius 3 is 2.27 bits per heavy atom. The summed E-state index contributed by atoms with van der Waals surface area (Å²) < 4.78 is 6.08. The zero-order valence-corrected chi connectivity index (χ0v) is 16.5. The first-order valence-corrected chi connectivity index (χ1v) is 9.15. The number of aromatic nitrogens is 1. The molecule has 0 unspecified atom stereocenters. The highest BCUT2D eigenvalue weighted by molar-refractivity contribution is 5.82. The van der Waals surface area contributed by atoms with Gasteiger partial charge in [-0.05, 0) is 61.1 Å². The first-order chi connectivity index (χ1) is 12.2. The fraction of sp³-hybridized carbons (Fsp3) is 0.348. The van der Waals surface area contributed by atoms with Crippen LogP contribution in [0.25, 0.3) is 10.9 Å². The zero-order chi connectivity index (χ0) is 19.1. The molecular formula is C23H27NO2. The Hall–Kier alpha value is -2.55. The highest BCUT2D eigenvalue weighted by Gasteiger charge is 2.14. The average Bonchev–Trinajstić information content (AvgIpc) is 2.59. The maximum atomic E-state index is 12.7. The molecule has 0 saturated carbocycles. The summed E-state index contributed by atoms with van der Waals surface area (Å²) in [7, 11) is 0. The van der Waals surface area contributed by atoms with Gasteiger partial charge in [-0.1, -0.05) is 39.8 Å². The molecule has 3 rings (SSSR count). The fourth-order valence-electron chi connectivity index (χ4n) is 3.19. The maximum absolute atomic E-state index is 12.7. The van der Waals surface area contributed by atoms with Gasteiger partial charge in [-0.2, -0.15) is 0 Å². The van der Waals surface area contributed by atoms with E-state index in [1.54, 1.807) is 0 Å². The second-order valence-corrected chi connectivity index (χ2v) is 7.95. The van der Waals surface area contributed by atoms with Gasteiger partial charge in [0, 0.05) is 16.6 Å². The van der Waals surface area contributed by atoms with Crippen molar-refractivity contribution in [2.24, 2.45) is 0 Å². The number of aryl methyl sites for hydroxylation is 2. The summed E-state index contributed by atoms with van der Waals surface area (Å²) in [6.07, 6.45) is 0.814. The molecule has 0 radical (unpaired) electrons. The first-order valence-electron chi connectivity index (χ1n) is 9.15. The SMILES string of the molecule is CCc1[nH]c2cc(C)c(Oc3ccc(C(C)(C)C)cc3)cc2c(=O)c1C. The van der Waals surface area contributed by atoms with Gasteiger partial charge >= 0.3 is 0 Å². The third-order valence-corrected chi connectivity index (χ3v) is 4.94. The number of benzene rings is 2. The van der Waals surface area contributed by atoms with Crippen molar-refractivity contribution in [1.82, 2.24) is 4.98 Å². The lowest BCUT2D eigenvalue weighted by Gasteiger charge is -2.19. The molecule has 1 aromatic heterocycles. The predicted octanol–water partition coefficient (Wildman–Crippen LogP) is 5.80. The van der Waals surface area contributed by atoms with E-state index in [9.17, 15) is 4.79 Å². The summed E-state index contributed by atoms with van der Waals surface area (Å²) in [6, 6.07) is 12.0. The average molecular weight is 349 g/mol. The largest absolute Gasteiger partial charge is 0.457 e. The van der Waals surface area contributed by atoms with Crippen molar-refractivity contribution in [3.05, 3.63) is 69.0 Å². The van der Waals surface area contributed by atoms with Gasteiger partial charge in [-0.15, -0.1) is 0 Å². The lowest BCUT2D eigenvalue weighted by atomic mass is 9.87. The van der Waals surface area contributed by atoms with E-state index in [2.05, 4.69) is 44.8 Å². The molecule has 3 heteroatoms. The van der Waals surface area contributed by atoms with Crippen LogP contribution in [-0.2, 0) is 11.8 Å².